The van der Waals surface area contributed by atoms with Gasteiger partial charge < -0.3 is 16.4 Å². The average molecular weight is 326 g/mol. The normalized spacial score (nSPS) is 15.7. The van der Waals surface area contributed by atoms with Crippen molar-refractivity contribution in [1.82, 2.24) is 5.32 Å². The molecular weight excluding hydrogens is 302 g/mol. The molecule has 0 bridgehead atoms. The number of amides is 2. The van der Waals surface area contributed by atoms with Gasteiger partial charge in [-0.3, -0.25) is 9.59 Å². The number of nitrogens with one attached hydrogen (secondary N) is 2. The Labute approximate surface area is 137 Å². The number of hydrogen-bond donors (Lipinski definition) is 3. The summed E-state index contributed by atoms with van der Waals surface area (Å²) in [4.78, 5) is 23.8. The molecule has 0 radical (unpaired) electrons. The predicted octanol–water partition coefficient (Wildman–Crippen LogP) is 2.31. The van der Waals surface area contributed by atoms with Crippen LogP contribution in [0.1, 0.15) is 43.0 Å². The lowest BCUT2D eigenvalue weighted by atomic mass is 10.1. The Morgan fingerprint density at radius 1 is 1.23 bits per heavy atom. The van der Waals surface area contributed by atoms with E-state index in [1.807, 2.05) is 0 Å². The highest BCUT2D eigenvalue weighted by molar-refractivity contribution is 5.96. The van der Waals surface area contributed by atoms with E-state index in [9.17, 15) is 9.59 Å². The number of hydrogen-bond acceptors (Lipinski definition) is 3. The molecule has 4 N–H and O–H groups in total. The van der Waals surface area contributed by atoms with E-state index >= 15 is 0 Å². The summed E-state index contributed by atoms with van der Waals surface area (Å²) >= 11 is 0. The van der Waals surface area contributed by atoms with E-state index in [2.05, 4.69) is 10.6 Å². The summed E-state index contributed by atoms with van der Waals surface area (Å²) in [6.07, 6.45) is 4.51. The van der Waals surface area contributed by atoms with E-state index < -0.39 is 0 Å². The van der Waals surface area contributed by atoms with Crippen LogP contribution in [-0.2, 0) is 4.79 Å². The van der Waals surface area contributed by atoms with E-state index in [0.29, 0.717) is 23.8 Å². The van der Waals surface area contributed by atoms with Crippen molar-refractivity contribution in [2.75, 3.05) is 11.9 Å². The zero-order chi connectivity index (χ0) is 15.2. The Morgan fingerprint density at radius 2 is 1.82 bits per heavy atom. The second-order valence-electron chi connectivity index (χ2n) is 5.66. The summed E-state index contributed by atoms with van der Waals surface area (Å²) in [6.45, 7) is 2.09. The van der Waals surface area contributed by atoms with Gasteiger partial charge in [0, 0.05) is 29.8 Å². The van der Waals surface area contributed by atoms with Gasteiger partial charge in [0.05, 0.1) is 0 Å². The smallest absolute Gasteiger partial charge is 0.251 e. The quantitative estimate of drug-likeness (QED) is 0.776. The lowest BCUT2D eigenvalue weighted by molar-refractivity contribution is -0.119. The molecule has 2 rings (SSSR count). The third kappa shape index (κ3) is 5.00. The zero-order valence-corrected chi connectivity index (χ0v) is 13.6. The minimum Gasteiger partial charge on any atom is -0.349 e. The molecule has 0 aliphatic heterocycles. The first-order chi connectivity index (χ1) is 10.1. The summed E-state index contributed by atoms with van der Waals surface area (Å²) in [7, 11) is 0. The lowest BCUT2D eigenvalue weighted by Gasteiger charge is -2.13. The number of anilines is 1. The molecule has 1 aliphatic carbocycles. The highest BCUT2D eigenvalue weighted by Gasteiger charge is 2.18. The predicted molar refractivity (Wildman–Crippen MR) is 90.3 cm³/mol. The molecule has 0 heterocycles. The number of rotatable bonds is 5. The number of carbonyl (C=O) groups excluding carboxylic acids is 2. The summed E-state index contributed by atoms with van der Waals surface area (Å²) in [5.74, 6) is -0.383. The SMILES string of the molecule is CC(CN)C(=O)Nc1ccc(C(=O)NC2CCCC2)cc1.Cl. The molecule has 2 amide bonds. The largest absolute Gasteiger partial charge is 0.349 e. The van der Waals surface area contributed by atoms with Gasteiger partial charge in [0.1, 0.15) is 0 Å². The first kappa shape index (κ1) is 18.5. The van der Waals surface area contributed by atoms with Crippen LogP contribution in [0.25, 0.3) is 0 Å². The van der Waals surface area contributed by atoms with Crippen molar-refractivity contribution >= 4 is 29.9 Å². The zero-order valence-electron chi connectivity index (χ0n) is 12.8. The summed E-state index contributed by atoms with van der Waals surface area (Å²) in [5, 5.41) is 5.82. The maximum atomic E-state index is 12.1. The standard InChI is InChI=1S/C16H23N3O2.ClH/c1-11(10-17)15(20)18-14-8-6-12(7-9-14)16(21)19-13-4-2-3-5-13;/h6-9,11,13H,2-5,10,17H2,1H3,(H,18,20)(H,19,21);1H. The average Bonchev–Trinajstić information content (AvgIpc) is 2.99. The Hall–Kier alpha value is -1.59. The van der Waals surface area contributed by atoms with Gasteiger partial charge in [0.25, 0.3) is 5.91 Å². The topological polar surface area (TPSA) is 84.2 Å². The second kappa shape index (κ2) is 8.76. The van der Waals surface area contributed by atoms with Crippen molar-refractivity contribution in [2.45, 2.75) is 38.6 Å². The molecule has 122 valence electrons. The molecule has 1 aromatic carbocycles. The van der Waals surface area contributed by atoms with Crippen LogP contribution < -0.4 is 16.4 Å². The van der Waals surface area contributed by atoms with Gasteiger partial charge in [-0.05, 0) is 37.1 Å². The highest BCUT2D eigenvalue weighted by Crippen LogP contribution is 2.18. The van der Waals surface area contributed by atoms with E-state index in [0.717, 1.165) is 12.8 Å². The van der Waals surface area contributed by atoms with Crippen LogP contribution in [-0.4, -0.2) is 24.4 Å². The third-order valence-electron chi connectivity index (χ3n) is 3.91. The van der Waals surface area contributed by atoms with Gasteiger partial charge in [-0.2, -0.15) is 0 Å². The molecule has 5 nitrogen and oxygen atoms in total. The van der Waals surface area contributed by atoms with Crippen LogP contribution in [0, 0.1) is 5.92 Å². The first-order valence-corrected chi connectivity index (χ1v) is 7.52. The molecule has 1 aliphatic rings. The summed E-state index contributed by atoms with van der Waals surface area (Å²) in [6, 6.07) is 7.25. The van der Waals surface area contributed by atoms with E-state index in [-0.39, 0.29) is 30.1 Å². The summed E-state index contributed by atoms with van der Waals surface area (Å²) in [5.41, 5.74) is 6.75. The number of nitrogens with two attached hydrogens (primary N) is 1. The van der Waals surface area contributed by atoms with Crippen molar-refractivity contribution in [2.24, 2.45) is 11.7 Å². The van der Waals surface area contributed by atoms with E-state index in [1.165, 1.54) is 12.8 Å². The fourth-order valence-corrected chi connectivity index (χ4v) is 2.42. The van der Waals surface area contributed by atoms with Gasteiger partial charge >= 0.3 is 0 Å². The number of carbonyl (C=O) groups is 2. The van der Waals surface area contributed by atoms with Crippen molar-refractivity contribution in [3.05, 3.63) is 29.8 Å². The van der Waals surface area contributed by atoms with Gasteiger partial charge in [-0.15, -0.1) is 12.4 Å². The van der Waals surface area contributed by atoms with Crippen LogP contribution in [0.4, 0.5) is 5.69 Å². The monoisotopic (exact) mass is 325 g/mol. The molecule has 1 saturated carbocycles. The fourth-order valence-electron chi connectivity index (χ4n) is 2.42. The molecular formula is C16H24ClN3O2. The Balaban J connectivity index is 0.00000242. The second-order valence-corrected chi connectivity index (χ2v) is 5.66. The lowest BCUT2D eigenvalue weighted by Crippen LogP contribution is -2.32. The van der Waals surface area contributed by atoms with Crippen LogP contribution in [0.3, 0.4) is 0 Å². The van der Waals surface area contributed by atoms with Crippen LogP contribution in [0.2, 0.25) is 0 Å². The van der Waals surface area contributed by atoms with Gasteiger partial charge in [0.15, 0.2) is 0 Å². The number of halogens is 1. The molecule has 22 heavy (non-hydrogen) atoms. The Bertz CT molecular complexity index is 499. The number of benzene rings is 1. The Morgan fingerprint density at radius 3 is 2.36 bits per heavy atom. The van der Waals surface area contributed by atoms with Crippen molar-refractivity contribution in [1.29, 1.82) is 0 Å². The molecule has 0 aromatic heterocycles. The van der Waals surface area contributed by atoms with E-state index in [1.54, 1.807) is 31.2 Å². The van der Waals surface area contributed by atoms with E-state index in [4.69, 9.17) is 5.73 Å². The molecule has 1 aromatic rings. The first-order valence-electron chi connectivity index (χ1n) is 7.52. The van der Waals surface area contributed by atoms with Crippen LogP contribution in [0.5, 0.6) is 0 Å². The molecule has 1 fully saturated rings. The van der Waals surface area contributed by atoms with Crippen LogP contribution in [0.15, 0.2) is 24.3 Å². The van der Waals surface area contributed by atoms with Gasteiger partial charge in [-0.1, -0.05) is 19.8 Å². The van der Waals surface area contributed by atoms with Crippen molar-refractivity contribution in [3.63, 3.8) is 0 Å². The van der Waals surface area contributed by atoms with Crippen molar-refractivity contribution < 1.29 is 9.59 Å². The maximum absolute atomic E-state index is 12.1. The highest BCUT2D eigenvalue weighted by atomic mass is 35.5. The van der Waals surface area contributed by atoms with Crippen molar-refractivity contribution in [3.8, 4) is 0 Å². The molecule has 1 unspecified atom stereocenters. The molecule has 0 spiro atoms. The molecule has 0 saturated heterocycles. The Kier molecular flexibility index (Phi) is 7.35. The van der Waals surface area contributed by atoms with Gasteiger partial charge in [0.2, 0.25) is 5.91 Å². The third-order valence-corrected chi connectivity index (χ3v) is 3.91. The molecule has 1 atom stereocenters. The fraction of sp³-hybridized carbons (Fsp3) is 0.500. The summed E-state index contributed by atoms with van der Waals surface area (Å²) < 4.78 is 0. The molecule has 6 heteroatoms. The minimum atomic E-state index is -0.227. The van der Waals surface area contributed by atoms with Gasteiger partial charge in [-0.25, -0.2) is 0 Å². The maximum Gasteiger partial charge on any atom is 0.251 e. The minimum absolute atomic E-state index is 0. The van der Waals surface area contributed by atoms with Crippen LogP contribution >= 0.6 is 12.4 Å².